The number of benzene rings is 1. The first-order valence-corrected chi connectivity index (χ1v) is 8.90. The summed E-state index contributed by atoms with van der Waals surface area (Å²) >= 11 is 1.37. The average molecular weight is 346 g/mol. The minimum atomic E-state index is -0.236. The quantitative estimate of drug-likeness (QED) is 0.861. The van der Waals surface area contributed by atoms with E-state index in [9.17, 15) is 4.79 Å². The standard InChI is InChI=1S/C17H22N4O2S/c1-11-8-17(2,3)21(14-6-5-12(23-4)7-13(11)14)15(22)9-24-16-18-10-19-20-16/h5-7,10-11H,8-9H2,1-4H3,(H,18,19,20). The fraction of sp³-hybridized carbons (Fsp3) is 0.471. The number of amides is 1. The number of carbonyl (C=O) groups is 1. The van der Waals surface area contributed by atoms with Gasteiger partial charge in [-0.15, -0.1) is 0 Å². The van der Waals surface area contributed by atoms with E-state index in [1.54, 1.807) is 7.11 Å². The third-order valence-electron chi connectivity index (χ3n) is 4.39. The molecule has 2 aromatic rings. The largest absolute Gasteiger partial charge is 0.497 e. The Bertz CT molecular complexity index is 730. The summed E-state index contributed by atoms with van der Waals surface area (Å²) in [6, 6.07) is 5.94. The first-order valence-electron chi connectivity index (χ1n) is 7.91. The minimum Gasteiger partial charge on any atom is -0.497 e. The highest BCUT2D eigenvalue weighted by Crippen LogP contribution is 2.44. The van der Waals surface area contributed by atoms with Crippen molar-refractivity contribution in [2.45, 2.75) is 43.8 Å². The summed E-state index contributed by atoms with van der Waals surface area (Å²) in [6.07, 6.45) is 2.35. The van der Waals surface area contributed by atoms with Crippen molar-refractivity contribution < 1.29 is 9.53 Å². The first kappa shape index (κ1) is 16.8. The number of methoxy groups -OCH3 is 1. The summed E-state index contributed by atoms with van der Waals surface area (Å²) in [7, 11) is 1.66. The number of fused-ring (bicyclic) bond motifs is 1. The average Bonchev–Trinajstić information content (AvgIpc) is 3.05. The third-order valence-corrected chi connectivity index (χ3v) is 5.25. The van der Waals surface area contributed by atoms with Gasteiger partial charge in [0, 0.05) is 11.2 Å². The van der Waals surface area contributed by atoms with Gasteiger partial charge in [-0.1, -0.05) is 18.7 Å². The van der Waals surface area contributed by atoms with Gasteiger partial charge in [-0.2, -0.15) is 5.10 Å². The van der Waals surface area contributed by atoms with Gasteiger partial charge in [0.1, 0.15) is 12.1 Å². The summed E-state index contributed by atoms with van der Waals surface area (Å²) in [5.74, 6) is 1.58. The number of thioether (sulfide) groups is 1. The van der Waals surface area contributed by atoms with E-state index in [1.807, 2.05) is 23.1 Å². The van der Waals surface area contributed by atoms with Gasteiger partial charge in [0.15, 0.2) is 5.16 Å². The monoisotopic (exact) mass is 346 g/mol. The van der Waals surface area contributed by atoms with Gasteiger partial charge in [0.2, 0.25) is 5.91 Å². The van der Waals surface area contributed by atoms with Crippen LogP contribution in [-0.4, -0.2) is 39.5 Å². The zero-order chi connectivity index (χ0) is 17.3. The maximum Gasteiger partial charge on any atom is 0.237 e. The van der Waals surface area contributed by atoms with Gasteiger partial charge in [-0.3, -0.25) is 9.89 Å². The van der Waals surface area contributed by atoms with Crippen LogP contribution in [0.25, 0.3) is 0 Å². The highest BCUT2D eigenvalue weighted by molar-refractivity contribution is 7.99. The van der Waals surface area contributed by atoms with E-state index in [1.165, 1.54) is 18.1 Å². The number of hydrogen-bond acceptors (Lipinski definition) is 5. The number of nitrogens with one attached hydrogen (secondary N) is 1. The fourth-order valence-corrected chi connectivity index (χ4v) is 4.09. The highest BCUT2D eigenvalue weighted by Gasteiger charge is 2.39. The Balaban J connectivity index is 1.90. The molecule has 24 heavy (non-hydrogen) atoms. The van der Waals surface area contributed by atoms with Crippen LogP contribution >= 0.6 is 11.8 Å². The van der Waals surface area contributed by atoms with Crippen molar-refractivity contribution in [3.05, 3.63) is 30.1 Å². The second kappa shape index (κ2) is 6.47. The van der Waals surface area contributed by atoms with Crippen molar-refractivity contribution in [3.8, 4) is 5.75 Å². The van der Waals surface area contributed by atoms with Crippen molar-refractivity contribution in [1.29, 1.82) is 0 Å². The summed E-state index contributed by atoms with van der Waals surface area (Å²) < 4.78 is 5.35. The molecular weight excluding hydrogens is 324 g/mol. The Morgan fingerprint density at radius 3 is 2.96 bits per heavy atom. The lowest BCUT2D eigenvalue weighted by atomic mass is 9.80. The van der Waals surface area contributed by atoms with Gasteiger partial charge in [-0.25, -0.2) is 4.98 Å². The van der Waals surface area contributed by atoms with Gasteiger partial charge in [0.05, 0.1) is 12.9 Å². The molecule has 1 unspecified atom stereocenters. The Hall–Kier alpha value is -2.02. The number of hydrogen-bond donors (Lipinski definition) is 1. The van der Waals surface area contributed by atoms with Gasteiger partial charge >= 0.3 is 0 Å². The second-order valence-corrected chi connectivity index (χ2v) is 7.61. The molecule has 6 nitrogen and oxygen atoms in total. The van der Waals surface area contributed by atoms with Crippen LogP contribution in [0.5, 0.6) is 5.75 Å². The van der Waals surface area contributed by atoms with Gasteiger partial charge in [0.25, 0.3) is 0 Å². The lowest BCUT2D eigenvalue weighted by Gasteiger charge is -2.46. The number of anilines is 1. The van der Waals surface area contributed by atoms with Crippen LogP contribution in [0.2, 0.25) is 0 Å². The van der Waals surface area contributed by atoms with Crippen LogP contribution in [0.3, 0.4) is 0 Å². The Morgan fingerprint density at radius 2 is 2.29 bits per heavy atom. The van der Waals surface area contributed by atoms with E-state index < -0.39 is 0 Å². The molecule has 3 rings (SSSR count). The molecule has 1 N–H and O–H groups in total. The van der Waals surface area contributed by atoms with E-state index in [0.717, 1.165) is 23.4 Å². The molecule has 128 valence electrons. The Labute approximate surface area is 146 Å². The third kappa shape index (κ3) is 3.13. The highest BCUT2D eigenvalue weighted by atomic mass is 32.2. The molecule has 0 fully saturated rings. The predicted octanol–water partition coefficient (Wildman–Crippen LogP) is 3.22. The molecule has 1 amide bonds. The van der Waals surface area contributed by atoms with E-state index in [0.29, 0.717) is 16.8 Å². The lowest BCUT2D eigenvalue weighted by molar-refractivity contribution is -0.117. The van der Waals surface area contributed by atoms with Gasteiger partial charge in [-0.05, 0) is 49.9 Å². The summed E-state index contributed by atoms with van der Waals surface area (Å²) in [4.78, 5) is 18.9. The molecule has 0 spiro atoms. The van der Waals surface area contributed by atoms with Gasteiger partial charge < -0.3 is 9.64 Å². The van der Waals surface area contributed by atoms with Crippen molar-refractivity contribution in [1.82, 2.24) is 15.2 Å². The molecule has 7 heteroatoms. The molecule has 0 bridgehead atoms. The normalized spacial score (nSPS) is 19.0. The second-order valence-electron chi connectivity index (χ2n) is 6.65. The maximum atomic E-state index is 12.9. The topological polar surface area (TPSA) is 71.1 Å². The number of H-pyrrole nitrogens is 1. The molecule has 1 aliphatic heterocycles. The summed E-state index contributed by atoms with van der Waals surface area (Å²) in [5.41, 5.74) is 1.90. The van der Waals surface area contributed by atoms with Crippen LogP contribution in [0.4, 0.5) is 5.69 Å². The summed E-state index contributed by atoms with van der Waals surface area (Å²) in [6.45, 7) is 6.44. The van der Waals surface area contributed by atoms with Crippen LogP contribution in [0.1, 0.15) is 38.7 Å². The van der Waals surface area contributed by atoms with Crippen LogP contribution in [0, 0.1) is 0 Å². The summed E-state index contributed by atoms with van der Waals surface area (Å²) in [5, 5.41) is 7.24. The van der Waals surface area contributed by atoms with Crippen LogP contribution < -0.4 is 9.64 Å². The number of ether oxygens (including phenoxy) is 1. The molecule has 0 aliphatic carbocycles. The lowest BCUT2D eigenvalue weighted by Crippen LogP contribution is -2.52. The van der Waals surface area contributed by atoms with E-state index in [4.69, 9.17) is 4.74 Å². The van der Waals surface area contributed by atoms with E-state index in [-0.39, 0.29) is 11.4 Å². The van der Waals surface area contributed by atoms with Crippen LogP contribution in [-0.2, 0) is 4.79 Å². The molecule has 2 heterocycles. The molecule has 1 atom stereocenters. The number of carbonyl (C=O) groups excluding carboxylic acids is 1. The molecule has 1 aromatic carbocycles. The smallest absolute Gasteiger partial charge is 0.237 e. The maximum absolute atomic E-state index is 12.9. The molecule has 1 aliphatic rings. The van der Waals surface area contributed by atoms with Crippen molar-refractivity contribution in [2.24, 2.45) is 0 Å². The molecule has 0 radical (unpaired) electrons. The SMILES string of the molecule is COc1ccc2c(c1)C(C)CC(C)(C)N2C(=O)CSc1ncn[nH]1. The zero-order valence-corrected chi connectivity index (χ0v) is 15.2. The van der Waals surface area contributed by atoms with Crippen molar-refractivity contribution in [3.63, 3.8) is 0 Å². The zero-order valence-electron chi connectivity index (χ0n) is 14.4. The molecule has 0 saturated heterocycles. The van der Waals surface area contributed by atoms with Crippen molar-refractivity contribution in [2.75, 3.05) is 17.8 Å². The van der Waals surface area contributed by atoms with Crippen LogP contribution in [0.15, 0.2) is 29.7 Å². The number of rotatable bonds is 4. The minimum absolute atomic E-state index is 0.0692. The van der Waals surface area contributed by atoms with E-state index in [2.05, 4.69) is 36.0 Å². The van der Waals surface area contributed by atoms with Crippen molar-refractivity contribution >= 4 is 23.4 Å². The molecular formula is C17H22N4O2S. The van der Waals surface area contributed by atoms with E-state index >= 15 is 0 Å². The molecule has 1 aromatic heterocycles. The molecule has 0 saturated carbocycles. The first-order chi connectivity index (χ1) is 11.4. The Kier molecular flexibility index (Phi) is 4.54. The predicted molar refractivity (Wildman–Crippen MR) is 94.7 cm³/mol. The number of aromatic amines is 1. The number of aromatic nitrogens is 3. The number of nitrogens with zero attached hydrogens (tertiary/aromatic N) is 3. The fourth-order valence-electron chi connectivity index (χ4n) is 3.46. The Morgan fingerprint density at radius 1 is 1.50 bits per heavy atom.